The number of aryl methyl sites for hydroxylation is 1. The average Bonchev–Trinajstić information content (AvgIpc) is 3.35. The van der Waals surface area contributed by atoms with Gasteiger partial charge in [-0.3, -0.25) is 4.68 Å². The van der Waals surface area contributed by atoms with E-state index < -0.39 is 29.3 Å². The molecule has 4 aromatic heterocycles. The summed E-state index contributed by atoms with van der Waals surface area (Å²) in [5.74, 6) is -3.72. The van der Waals surface area contributed by atoms with Crippen LogP contribution in [0.3, 0.4) is 0 Å². The maximum absolute atomic E-state index is 14.3. The van der Waals surface area contributed by atoms with E-state index in [1.807, 2.05) is 0 Å². The number of fused-ring (bicyclic) bond motifs is 1. The van der Waals surface area contributed by atoms with Gasteiger partial charge in [0.2, 0.25) is 0 Å². The van der Waals surface area contributed by atoms with Gasteiger partial charge in [-0.15, -0.1) is 0 Å². The molecular weight excluding hydrogens is 502 g/mol. The zero-order valence-corrected chi connectivity index (χ0v) is 19.1. The Morgan fingerprint density at radius 2 is 1.84 bits per heavy atom. The van der Waals surface area contributed by atoms with Gasteiger partial charge in [0.25, 0.3) is 0 Å². The van der Waals surface area contributed by atoms with E-state index >= 15 is 0 Å². The summed E-state index contributed by atoms with van der Waals surface area (Å²) in [6.45, 7) is 1.46. The second-order valence-corrected chi connectivity index (χ2v) is 8.16. The molecule has 2 N–H and O–H groups in total. The first kappa shape index (κ1) is 24.2. The molecule has 5 aromatic rings. The fraction of sp³-hybridized carbons (Fsp3) is 0.174. The Labute approximate surface area is 204 Å². The third-order valence-corrected chi connectivity index (χ3v) is 5.80. The van der Waals surface area contributed by atoms with Crippen LogP contribution in [0, 0.1) is 24.4 Å². The predicted molar refractivity (Wildman–Crippen MR) is 119 cm³/mol. The topological polar surface area (TPSA) is 99.8 Å². The lowest BCUT2D eigenvalue weighted by Crippen LogP contribution is -2.09. The highest BCUT2D eigenvalue weighted by Crippen LogP contribution is 2.40. The molecule has 0 spiro atoms. The smallest absolute Gasteiger partial charge is 0.383 e. The van der Waals surface area contributed by atoms with E-state index in [9.17, 15) is 26.3 Å². The molecule has 0 bridgehead atoms. The molecule has 0 saturated heterocycles. The van der Waals surface area contributed by atoms with Crippen LogP contribution < -0.4 is 5.73 Å². The zero-order valence-electron chi connectivity index (χ0n) is 19.1. The van der Waals surface area contributed by atoms with Crippen molar-refractivity contribution in [3.05, 3.63) is 76.9 Å². The van der Waals surface area contributed by atoms with E-state index in [1.54, 1.807) is 12.1 Å². The number of nitrogen functional groups attached to an aromatic ring is 1. The largest absolute Gasteiger partial charge is 0.435 e. The van der Waals surface area contributed by atoms with E-state index in [-0.39, 0.29) is 52.0 Å². The van der Waals surface area contributed by atoms with Crippen molar-refractivity contribution in [3.8, 4) is 22.6 Å². The highest BCUT2D eigenvalue weighted by Gasteiger charge is 2.39. The highest BCUT2D eigenvalue weighted by atomic mass is 19.4. The average molecular weight is 518 g/mol. The van der Waals surface area contributed by atoms with E-state index in [0.29, 0.717) is 11.6 Å². The Morgan fingerprint density at radius 3 is 2.54 bits per heavy atom. The first-order valence-corrected chi connectivity index (χ1v) is 10.7. The van der Waals surface area contributed by atoms with E-state index in [2.05, 4.69) is 25.1 Å². The molecule has 0 amide bonds. The van der Waals surface area contributed by atoms with Crippen LogP contribution >= 0.6 is 0 Å². The Morgan fingerprint density at radius 1 is 1.08 bits per heavy atom. The van der Waals surface area contributed by atoms with Crippen LogP contribution in [0.15, 0.2) is 36.7 Å². The highest BCUT2D eigenvalue weighted by molar-refractivity contribution is 5.80. The van der Waals surface area contributed by atoms with Crippen LogP contribution in [0.2, 0.25) is 0 Å². The standard InChI is InChI=1S/C23H16F6N8/c1-10-17(20(23(27,28)29)35-36(10)2)13-9-31-22(34-21(13)30)19-15-4-3-5-32-37(15)16(33-19)7-11-6-12(24)8-14(25)18(11)26/h3-6,8-9H,7H2,1-2H3,(H2,30,31,34). The monoisotopic (exact) mass is 518 g/mol. The number of imidazole rings is 1. The van der Waals surface area contributed by atoms with Crippen LogP contribution in [0.5, 0.6) is 0 Å². The fourth-order valence-corrected chi connectivity index (χ4v) is 4.01. The van der Waals surface area contributed by atoms with Gasteiger partial charge in [-0.2, -0.15) is 23.4 Å². The SMILES string of the molecule is Cc1c(-c2cnc(-c3nc(Cc4cc(F)cc(F)c4F)n4ncccc34)nc2N)c(C(F)(F)F)nn1C. The number of benzene rings is 1. The maximum atomic E-state index is 14.3. The van der Waals surface area contributed by atoms with Gasteiger partial charge >= 0.3 is 6.18 Å². The second kappa shape index (κ2) is 8.57. The van der Waals surface area contributed by atoms with Crippen molar-refractivity contribution in [1.82, 2.24) is 34.3 Å². The molecule has 0 unspecified atom stereocenters. The van der Waals surface area contributed by atoms with Gasteiger partial charge in [0.05, 0.1) is 5.52 Å². The van der Waals surface area contributed by atoms with Crippen molar-refractivity contribution >= 4 is 11.3 Å². The molecule has 1 aromatic carbocycles. The molecule has 0 radical (unpaired) electrons. The summed E-state index contributed by atoms with van der Waals surface area (Å²) in [5, 5.41) is 7.72. The molecule has 0 aliphatic heterocycles. The lowest BCUT2D eigenvalue weighted by Gasteiger charge is -2.09. The number of nitrogens with two attached hydrogens (primary N) is 1. The molecule has 0 atom stereocenters. The summed E-state index contributed by atoms with van der Waals surface area (Å²) >= 11 is 0. The quantitative estimate of drug-likeness (QED) is 0.278. The Bertz CT molecular complexity index is 1670. The van der Waals surface area contributed by atoms with Gasteiger partial charge in [-0.25, -0.2) is 32.6 Å². The molecule has 0 aliphatic carbocycles. The van der Waals surface area contributed by atoms with Crippen molar-refractivity contribution in [1.29, 1.82) is 0 Å². The number of anilines is 1. The summed E-state index contributed by atoms with van der Waals surface area (Å²) in [4.78, 5) is 12.7. The molecular formula is C23H16F6N8. The fourth-order valence-electron chi connectivity index (χ4n) is 4.01. The van der Waals surface area contributed by atoms with Crippen molar-refractivity contribution in [3.63, 3.8) is 0 Å². The minimum Gasteiger partial charge on any atom is -0.383 e. The molecule has 14 heteroatoms. The number of alkyl halides is 3. The molecule has 0 fully saturated rings. The number of hydrogen-bond acceptors (Lipinski definition) is 6. The van der Waals surface area contributed by atoms with Gasteiger partial charge in [0.1, 0.15) is 23.2 Å². The Balaban J connectivity index is 1.62. The third-order valence-electron chi connectivity index (χ3n) is 5.80. The zero-order chi connectivity index (χ0) is 26.6. The van der Waals surface area contributed by atoms with Crippen molar-refractivity contribution in [2.24, 2.45) is 7.05 Å². The van der Waals surface area contributed by atoms with Crippen LogP contribution in [0.4, 0.5) is 32.2 Å². The number of nitrogens with zero attached hydrogens (tertiary/aromatic N) is 7. The van der Waals surface area contributed by atoms with Crippen LogP contribution in [0.1, 0.15) is 22.8 Å². The summed E-state index contributed by atoms with van der Waals surface area (Å²) in [6.07, 6.45) is -2.50. The van der Waals surface area contributed by atoms with Gasteiger partial charge in [0, 0.05) is 54.3 Å². The van der Waals surface area contributed by atoms with E-state index in [1.165, 1.54) is 24.7 Å². The Hall–Kier alpha value is -4.49. The summed E-state index contributed by atoms with van der Waals surface area (Å²) in [6, 6.07) is 4.46. The summed E-state index contributed by atoms with van der Waals surface area (Å²) in [7, 11) is 1.37. The van der Waals surface area contributed by atoms with Crippen molar-refractivity contribution in [2.75, 3.05) is 5.73 Å². The van der Waals surface area contributed by atoms with Gasteiger partial charge < -0.3 is 5.73 Å². The molecule has 0 saturated carbocycles. The number of hydrogen-bond donors (Lipinski definition) is 1. The maximum Gasteiger partial charge on any atom is 0.435 e. The summed E-state index contributed by atoms with van der Waals surface area (Å²) in [5.41, 5.74) is 5.04. The predicted octanol–water partition coefficient (Wildman–Crippen LogP) is 4.50. The Kier molecular flexibility index (Phi) is 5.61. The van der Waals surface area contributed by atoms with E-state index in [4.69, 9.17) is 5.73 Å². The molecule has 4 heterocycles. The number of aromatic nitrogens is 7. The van der Waals surface area contributed by atoms with E-state index in [0.717, 1.165) is 16.9 Å². The van der Waals surface area contributed by atoms with Gasteiger partial charge in [-0.1, -0.05) is 0 Å². The van der Waals surface area contributed by atoms with Crippen molar-refractivity contribution in [2.45, 2.75) is 19.5 Å². The molecule has 37 heavy (non-hydrogen) atoms. The molecule has 190 valence electrons. The molecule has 0 aliphatic rings. The molecule has 5 rings (SSSR count). The number of halogens is 6. The van der Waals surface area contributed by atoms with Gasteiger partial charge in [-0.05, 0) is 25.1 Å². The van der Waals surface area contributed by atoms with Crippen LogP contribution in [-0.4, -0.2) is 34.3 Å². The summed E-state index contributed by atoms with van der Waals surface area (Å²) < 4.78 is 84.8. The first-order chi connectivity index (χ1) is 17.5. The van der Waals surface area contributed by atoms with Gasteiger partial charge in [0.15, 0.2) is 23.2 Å². The first-order valence-electron chi connectivity index (χ1n) is 10.7. The normalized spacial score (nSPS) is 12.0. The number of rotatable bonds is 4. The minimum absolute atomic E-state index is 0.0426. The lowest BCUT2D eigenvalue weighted by molar-refractivity contribution is -0.140. The minimum atomic E-state index is -4.74. The van der Waals surface area contributed by atoms with Crippen LogP contribution in [-0.2, 0) is 19.6 Å². The lowest BCUT2D eigenvalue weighted by atomic mass is 10.1. The molecule has 8 nitrogen and oxygen atoms in total. The van der Waals surface area contributed by atoms with Crippen LogP contribution in [0.25, 0.3) is 28.2 Å². The van der Waals surface area contributed by atoms with Crippen molar-refractivity contribution < 1.29 is 26.3 Å². The third kappa shape index (κ3) is 4.13. The second-order valence-electron chi connectivity index (χ2n) is 8.16.